The number of hydrogen-bond donors (Lipinski definition) is 0. The molecule has 0 fully saturated rings. The standard InChI is InChI=1S/C16H18N6/c1-3-13-6-7-15(9-14(13)4-1)22-16(18-11-20-22)5-2-8-21-12-17-10-19-21/h6-7,9-12H,1-5,8H2. The summed E-state index contributed by atoms with van der Waals surface area (Å²) < 4.78 is 3.80. The van der Waals surface area contributed by atoms with Gasteiger partial charge in [0, 0.05) is 13.0 Å². The van der Waals surface area contributed by atoms with Crippen molar-refractivity contribution in [3.63, 3.8) is 0 Å². The number of nitrogens with zero attached hydrogens (tertiary/aromatic N) is 6. The first kappa shape index (κ1) is 13.2. The zero-order chi connectivity index (χ0) is 14.8. The molecule has 1 aliphatic rings. The van der Waals surface area contributed by atoms with E-state index in [2.05, 4.69) is 38.4 Å². The van der Waals surface area contributed by atoms with Gasteiger partial charge in [0.15, 0.2) is 0 Å². The SMILES string of the molecule is c1ncn(CCCc2ncnn2-c2ccc3c(c2)CCC3)n1. The average molecular weight is 294 g/mol. The monoisotopic (exact) mass is 294 g/mol. The maximum absolute atomic E-state index is 4.41. The number of fused-ring (bicyclic) bond motifs is 1. The van der Waals surface area contributed by atoms with E-state index in [1.54, 1.807) is 19.0 Å². The first-order valence-electron chi connectivity index (χ1n) is 7.73. The highest BCUT2D eigenvalue weighted by atomic mass is 15.3. The van der Waals surface area contributed by atoms with Crippen LogP contribution >= 0.6 is 0 Å². The van der Waals surface area contributed by atoms with Crippen LogP contribution in [0.3, 0.4) is 0 Å². The second kappa shape index (κ2) is 5.71. The van der Waals surface area contributed by atoms with Crippen molar-refractivity contribution >= 4 is 0 Å². The van der Waals surface area contributed by atoms with Crippen LogP contribution in [0, 0.1) is 0 Å². The summed E-state index contributed by atoms with van der Waals surface area (Å²) in [4.78, 5) is 8.37. The molecule has 0 unspecified atom stereocenters. The van der Waals surface area contributed by atoms with Gasteiger partial charge in [-0.25, -0.2) is 14.6 Å². The number of aromatic nitrogens is 6. The molecule has 1 aliphatic carbocycles. The highest BCUT2D eigenvalue weighted by Gasteiger charge is 2.13. The van der Waals surface area contributed by atoms with Crippen LogP contribution in [0.2, 0.25) is 0 Å². The molecule has 0 N–H and O–H groups in total. The molecule has 0 atom stereocenters. The lowest BCUT2D eigenvalue weighted by atomic mass is 10.1. The number of benzene rings is 1. The van der Waals surface area contributed by atoms with Gasteiger partial charge >= 0.3 is 0 Å². The van der Waals surface area contributed by atoms with Crippen molar-refractivity contribution in [2.45, 2.75) is 38.6 Å². The van der Waals surface area contributed by atoms with Gasteiger partial charge < -0.3 is 0 Å². The second-order valence-corrected chi connectivity index (χ2v) is 5.66. The normalized spacial score (nSPS) is 13.5. The molecule has 2 aromatic heterocycles. The van der Waals surface area contributed by atoms with Crippen LogP contribution in [0.5, 0.6) is 0 Å². The minimum atomic E-state index is 0.844. The van der Waals surface area contributed by atoms with E-state index in [0.29, 0.717) is 0 Å². The van der Waals surface area contributed by atoms with Gasteiger partial charge in [0.2, 0.25) is 0 Å². The zero-order valence-electron chi connectivity index (χ0n) is 12.4. The summed E-state index contributed by atoms with van der Waals surface area (Å²) >= 11 is 0. The Kier molecular flexibility index (Phi) is 3.42. The van der Waals surface area contributed by atoms with Gasteiger partial charge in [-0.05, 0) is 48.9 Å². The molecule has 22 heavy (non-hydrogen) atoms. The molecule has 0 radical (unpaired) electrons. The fraction of sp³-hybridized carbons (Fsp3) is 0.375. The van der Waals surface area contributed by atoms with Gasteiger partial charge in [-0.2, -0.15) is 10.2 Å². The van der Waals surface area contributed by atoms with Crippen LogP contribution in [0.1, 0.15) is 29.8 Å². The van der Waals surface area contributed by atoms with Crippen molar-refractivity contribution in [3.05, 3.63) is 54.1 Å². The number of hydrogen-bond acceptors (Lipinski definition) is 4. The molecule has 2 heterocycles. The molecule has 0 bridgehead atoms. The minimum absolute atomic E-state index is 0.844. The predicted molar refractivity (Wildman–Crippen MR) is 81.7 cm³/mol. The van der Waals surface area contributed by atoms with Crippen molar-refractivity contribution in [3.8, 4) is 5.69 Å². The van der Waals surface area contributed by atoms with Crippen molar-refractivity contribution in [2.75, 3.05) is 0 Å². The molecule has 6 nitrogen and oxygen atoms in total. The lowest BCUT2D eigenvalue weighted by Crippen LogP contribution is -2.06. The van der Waals surface area contributed by atoms with Crippen LogP contribution in [-0.4, -0.2) is 29.5 Å². The second-order valence-electron chi connectivity index (χ2n) is 5.66. The van der Waals surface area contributed by atoms with Gasteiger partial charge in [0.25, 0.3) is 0 Å². The van der Waals surface area contributed by atoms with Gasteiger partial charge in [-0.1, -0.05) is 6.07 Å². The summed E-state index contributed by atoms with van der Waals surface area (Å²) in [7, 11) is 0. The van der Waals surface area contributed by atoms with Crippen LogP contribution in [-0.2, 0) is 25.8 Å². The van der Waals surface area contributed by atoms with E-state index in [9.17, 15) is 0 Å². The fourth-order valence-corrected chi connectivity index (χ4v) is 3.09. The van der Waals surface area contributed by atoms with Gasteiger partial charge in [-0.15, -0.1) is 0 Å². The maximum atomic E-state index is 4.41. The van der Waals surface area contributed by atoms with E-state index in [1.807, 2.05) is 9.36 Å². The molecule has 4 rings (SSSR count). The summed E-state index contributed by atoms with van der Waals surface area (Å²) in [6.45, 7) is 0.844. The quantitative estimate of drug-likeness (QED) is 0.722. The van der Waals surface area contributed by atoms with Crippen molar-refractivity contribution in [1.82, 2.24) is 29.5 Å². The zero-order valence-corrected chi connectivity index (χ0v) is 12.4. The molecule has 0 aliphatic heterocycles. The molecule has 6 heteroatoms. The lowest BCUT2D eigenvalue weighted by molar-refractivity contribution is 0.565. The number of aryl methyl sites for hydroxylation is 4. The first-order valence-corrected chi connectivity index (χ1v) is 7.73. The van der Waals surface area contributed by atoms with Crippen LogP contribution in [0.25, 0.3) is 5.69 Å². The van der Waals surface area contributed by atoms with E-state index in [1.165, 1.54) is 30.4 Å². The van der Waals surface area contributed by atoms with Gasteiger partial charge in [0.1, 0.15) is 24.8 Å². The summed E-state index contributed by atoms with van der Waals surface area (Å²) in [5, 5.41) is 8.52. The Morgan fingerprint density at radius 2 is 2.00 bits per heavy atom. The summed E-state index contributed by atoms with van der Waals surface area (Å²) in [6.07, 6.45) is 10.4. The fourth-order valence-electron chi connectivity index (χ4n) is 3.09. The molecule has 0 spiro atoms. The van der Waals surface area contributed by atoms with Crippen LogP contribution < -0.4 is 0 Å². The Morgan fingerprint density at radius 3 is 2.91 bits per heavy atom. The minimum Gasteiger partial charge on any atom is -0.253 e. The van der Waals surface area contributed by atoms with E-state index in [4.69, 9.17) is 0 Å². The van der Waals surface area contributed by atoms with E-state index >= 15 is 0 Å². The third kappa shape index (κ3) is 2.52. The maximum Gasteiger partial charge on any atom is 0.138 e. The first-order chi connectivity index (χ1) is 10.9. The largest absolute Gasteiger partial charge is 0.253 e. The summed E-state index contributed by atoms with van der Waals surface area (Å²) in [6, 6.07) is 6.65. The topological polar surface area (TPSA) is 61.4 Å². The molecular formula is C16H18N6. The third-order valence-corrected chi connectivity index (χ3v) is 4.20. The Labute approximate surface area is 128 Å². The van der Waals surface area contributed by atoms with Crippen molar-refractivity contribution < 1.29 is 0 Å². The Bertz CT molecular complexity index is 759. The van der Waals surface area contributed by atoms with Crippen molar-refractivity contribution in [2.24, 2.45) is 0 Å². The Morgan fingerprint density at radius 1 is 1.05 bits per heavy atom. The smallest absolute Gasteiger partial charge is 0.138 e. The number of rotatable bonds is 5. The highest BCUT2D eigenvalue weighted by Crippen LogP contribution is 2.24. The van der Waals surface area contributed by atoms with Crippen molar-refractivity contribution in [1.29, 1.82) is 0 Å². The lowest BCUT2D eigenvalue weighted by Gasteiger charge is -2.08. The highest BCUT2D eigenvalue weighted by molar-refractivity contribution is 5.42. The molecular weight excluding hydrogens is 276 g/mol. The molecule has 1 aromatic carbocycles. The van der Waals surface area contributed by atoms with E-state index in [0.717, 1.165) is 30.9 Å². The molecule has 0 saturated heterocycles. The molecule has 112 valence electrons. The summed E-state index contributed by atoms with van der Waals surface area (Å²) in [5.74, 6) is 0.998. The Balaban J connectivity index is 1.50. The van der Waals surface area contributed by atoms with E-state index in [-0.39, 0.29) is 0 Å². The predicted octanol–water partition coefficient (Wildman–Crippen LogP) is 1.98. The molecule has 0 amide bonds. The van der Waals surface area contributed by atoms with Crippen LogP contribution in [0.15, 0.2) is 37.2 Å². The summed E-state index contributed by atoms with van der Waals surface area (Å²) in [5.41, 5.74) is 4.06. The van der Waals surface area contributed by atoms with E-state index < -0.39 is 0 Å². The third-order valence-electron chi connectivity index (χ3n) is 4.20. The van der Waals surface area contributed by atoms with Gasteiger partial charge in [-0.3, -0.25) is 4.68 Å². The molecule has 0 saturated carbocycles. The average Bonchev–Trinajstić information content (AvgIpc) is 3.28. The van der Waals surface area contributed by atoms with Crippen LogP contribution in [0.4, 0.5) is 0 Å². The Hall–Kier alpha value is -2.50. The van der Waals surface area contributed by atoms with Gasteiger partial charge in [0.05, 0.1) is 5.69 Å². The molecule has 3 aromatic rings.